The predicted octanol–water partition coefficient (Wildman–Crippen LogP) is 2.99. The Balaban J connectivity index is 2.76. The van der Waals surface area contributed by atoms with Crippen molar-refractivity contribution in [3.8, 4) is 0 Å². The van der Waals surface area contributed by atoms with Crippen LogP contribution in [0, 0.1) is 5.92 Å². The molecule has 0 amide bonds. The lowest BCUT2D eigenvalue weighted by Gasteiger charge is -2.17. The third-order valence-corrected chi connectivity index (χ3v) is 3.86. The van der Waals surface area contributed by atoms with Gasteiger partial charge in [0.15, 0.2) is 10.8 Å². The molecule has 0 fully saturated rings. The zero-order valence-corrected chi connectivity index (χ0v) is 12.5. The van der Waals surface area contributed by atoms with E-state index in [0.29, 0.717) is 17.1 Å². The van der Waals surface area contributed by atoms with Crippen LogP contribution in [-0.2, 0) is 9.53 Å². The summed E-state index contributed by atoms with van der Waals surface area (Å²) in [4.78, 5) is 27.0. The second-order valence-electron chi connectivity index (χ2n) is 4.30. The second-order valence-corrected chi connectivity index (χ2v) is 5.16. The molecule has 0 N–H and O–H groups in total. The highest BCUT2D eigenvalue weighted by Gasteiger charge is 2.20. The zero-order chi connectivity index (χ0) is 14.4. The van der Waals surface area contributed by atoms with Gasteiger partial charge in [-0.25, -0.2) is 4.98 Å². The molecule has 5 heteroatoms. The summed E-state index contributed by atoms with van der Waals surface area (Å²) >= 11 is 1.32. The van der Waals surface area contributed by atoms with Crippen LogP contribution < -0.4 is 0 Å². The Morgan fingerprint density at radius 3 is 2.68 bits per heavy atom. The SMILES string of the molecule is CCC(=O)C(C)C(/C=C/c1csc(C(C)=O)n1)OC. The molecule has 0 spiro atoms. The van der Waals surface area contributed by atoms with Crippen molar-refractivity contribution in [1.82, 2.24) is 4.98 Å². The molecule has 1 rings (SSSR count). The Kier molecular flexibility index (Phi) is 6.05. The molecule has 2 atom stereocenters. The summed E-state index contributed by atoms with van der Waals surface area (Å²) in [5.74, 6) is -0.0566. The summed E-state index contributed by atoms with van der Waals surface area (Å²) in [6.45, 7) is 5.19. The van der Waals surface area contributed by atoms with Crippen LogP contribution in [0.15, 0.2) is 11.5 Å². The Morgan fingerprint density at radius 1 is 1.53 bits per heavy atom. The number of hydrogen-bond acceptors (Lipinski definition) is 5. The fourth-order valence-corrected chi connectivity index (χ4v) is 2.36. The highest BCUT2D eigenvalue weighted by atomic mass is 32.1. The summed E-state index contributed by atoms with van der Waals surface area (Å²) < 4.78 is 5.31. The third-order valence-electron chi connectivity index (χ3n) is 2.90. The standard InChI is InChI=1S/C14H19NO3S/c1-5-12(17)9(2)13(18-4)7-6-11-8-19-14(15-11)10(3)16/h6-9,13H,5H2,1-4H3/b7-6+. The maximum Gasteiger partial charge on any atom is 0.188 e. The third kappa shape index (κ3) is 4.36. The van der Waals surface area contributed by atoms with Gasteiger partial charge in [-0.1, -0.05) is 19.9 Å². The molecular formula is C14H19NO3S. The van der Waals surface area contributed by atoms with Gasteiger partial charge in [0, 0.05) is 31.8 Å². The largest absolute Gasteiger partial charge is 0.377 e. The van der Waals surface area contributed by atoms with Crippen LogP contribution in [0.5, 0.6) is 0 Å². The summed E-state index contributed by atoms with van der Waals surface area (Å²) in [5, 5.41) is 2.30. The van der Waals surface area contributed by atoms with Crippen molar-refractivity contribution in [3.63, 3.8) is 0 Å². The number of thiazole rings is 1. The Labute approximate surface area is 117 Å². The maximum absolute atomic E-state index is 11.6. The average Bonchev–Trinajstić information content (AvgIpc) is 2.87. The molecule has 0 aliphatic heterocycles. The first-order valence-electron chi connectivity index (χ1n) is 6.19. The van der Waals surface area contributed by atoms with E-state index in [0.717, 1.165) is 0 Å². The number of ether oxygens (including phenoxy) is 1. The van der Waals surface area contributed by atoms with Gasteiger partial charge in [-0.05, 0) is 6.08 Å². The van der Waals surface area contributed by atoms with Crippen molar-refractivity contribution >= 4 is 29.0 Å². The van der Waals surface area contributed by atoms with E-state index in [-0.39, 0.29) is 23.6 Å². The van der Waals surface area contributed by atoms with Crippen LogP contribution in [0.1, 0.15) is 42.7 Å². The highest BCUT2D eigenvalue weighted by Crippen LogP contribution is 2.15. The van der Waals surface area contributed by atoms with Gasteiger partial charge in [0.25, 0.3) is 0 Å². The van der Waals surface area contributed by atoms with E-state index >= 15 is 0 Å². The first-order valence-corrected chi connectivity index (χ1v) is 7.07. The van der Waals surface area contributed by atoms with Crippen molar-refractivity contribution in [2.75, 3.05) is 7.11 Å². The Bertz CT molecular complexity index is 479. The lowest BCUT2D eigenvalue weighted by atomic mass is 9.97. The minimum atomic E-state index is -0.269. The van der Waals surface area contributed by atoms with Gasteiger partial charge in [-0.3, -0.25) is 9.59 Å². The molecule has 0 aliphatic carbocycles. The summed E-state index contributed by atoms with van der Waals surface area (Å²) in [7, 11) is 1.58. The maximum atomic E-state index is 11.6. The summed E-state index contributed by atoms with van der Waals surface area (Å²) in [6, 6.07) is 0. The number of Topliss-reactive ketones (excluding diaryl/α,β-unsaturated/α-hetero) is 2. The molecule has 4 nitrogen and oxygen atoms in total. The van der Waals surface area contributed by atoms with Gasteiger partial charge in [-0.15, -0.1) is 11.3 Å². The minimum Gasteiger partial charge on any atom is -0.377 e. The highest BCUT2D eigenvalue weighted by molar-refractivity contribution is 7.11. The first-order chi connectivity index (χ1) is 8.99. The van der Waals surface area contributed by atoms with E-state index in [1.807, 2.05) is 25.3 Å². The quantitative estimate of drug-likeness (QED) is 0.721. The molecule has 0 radical (unpaired) electrons. The van der Waals surface area contributed by atoms with Gasteiger partial charge in [0.2, 0.25) is 0 Å². The van der Waals surface area contributed by atoms with Gasteiger partial charge in [0.1, 0.15) is 5.78 Å². The normalized spacial score (nSPS) is 14.5. The molecular weight excluding hydrogens is 262 g/mol. The van der Waals surface area contributed by atoms with Gasteiger partial charge < -0.3 is 4.74 Å². The number of methoxy groups -OCH3 is 1. The molecule has 0 bridgehead atoms. The molecule has 1 aromatic rings. The van der Waals surface area contributed by atoms with E-state index in [1.165, 1.54) is 18.3 Å². The summed E-state index contributed by atoms with van der Waals surface area (Å²) in [5.41, 5.74) is 0.716. The van der Waals surface area contributed by atoms with Crippen LogP contribution in [0.2, 0.25) is 0 Å². The second kappa shape index (κ2) is 7.31. The molecule has 0 saturated carbocycles. The Morgan fingerprint density at radius 2 is 2.21 bits per heavy atom. The molecule has 104 valence electrons. The topological polar surface area (TPSA) is 56.3 Å². The molecule has 0 saturated heterocycles. The van der Waals surface area contributed by atoms with Crippen molar-refractivity contribution in [2.24, 2.45) is 5.92 Å². The van der Waals surface area contributed by atoms with Crippen LogP contribution in [0.3, 0.4) is 0 Å². The van der Waals surface area contributed by atoms with Crippen molar-refractivity contribution in [3.05, 3.63) is 22.2 Å². The lowest BCUT2D eigenvalue weighted by Crippen LogP contribution is -2.25. The smallest absolute Gasteiger partial charge is 0.188 e. The van der Waals surface area contributed by atoms with Gasteiger partial charge in [0.05, 0.1) is 11.8 Å². The Hall–Kier alpha value is -1.33. The molecule has 2 unspecified atom stereocenters. The molecule has 19 heavy (non-hydrogen) atoms. The fraction of sp³-hybridized carbons (Fsp3) is 0.500. The number of hydrogen-bond donors (Lipinski definition) is 0. The molecule has 1 aromatic heterocycles. The van der Waals surface area contributed by atoms with Gasteiger partial charge in [-0.2, -0.15) is 0 Å². The van der Waals surface area contributed by atoms with E-state index in [2.05, 4.69) is 4.98 Å². The van der Waals surface area contributed by atoms with E-state index in [1.54, 1.807) is 13.2 Å². The number of carbonyl (C=O) groups excluding carboxylic acids is 2. The number of rotatable bonds is 7. The van der Waals surface area contributed by atoms with E-state index < -0.39 is 0 Å². The molecule has 1 heterocycles. The molecule has 0 aliphatic rings. The van der Waals surface area contributed by atoms with Crippen molar-refractivity contribution in [1.29, 1.82) is 0 Å². The van der Waals surface area contributed by atoms with Gasteiger partial charge >= 0.3 is 0 Å². The van der Waals surface area contributed by atoms with Crippen LogP contribution in [0.4, 0.5) is 0 Å². The van der Waals surface area contributed by atoms with E-state index in [4.69, 9.17) is 4.74 Å². The average molecular weight is 281 g/mol. The first kappa shape index (κ1) is 15.7. The van der Waals surface area contributed by atoms with Crippen LogP contribution in [0.25, 0.3) is 6.08 Å². The van der Waals surface area contributed by atoms with Crippen molar-refractivity contribution in [2.45, 2.75) is 33.3 Å². The number of nitrogens with zero attached hydrogens (tertiary/aromatic N) is 1. The van der Waals surface area contributed by atoms with E-state index in [9.17, 15) is 9.59 Å². The zero-order valence-electron chi connectivity index (χ0n) is 11.7. The number of carbonyl (C=O) groups is 2. The number of aromatic nitrogens is 1. The fourth-order valence-electron chi connectivity index (χ4n) is 1.67. The lowest BCUT2D eigenvalue weighted by molar-refractivity contribution is -0.125. The number of ketones is 2. The minimum absolute atomic E-state index is 0.0394. The monoisotopic (exact) mass is 281 g/mol. The van der Waals surface area contributed by atoms with Crippen LogP contribution >= 0.6 is 11.3 Å². The van der Waals surface area contributed by atoms with Crippen molar-refractivity contribution < 1.29 is 14.3 Å². The summed E-state index contributed by atoms with van der Waals surface area (Å²) in [6.07, 6.45) is 3.84. The molecule has 0 aromatic carbocycles. The predicted molar refractivity (Wildman–Crippen MR) is 76.4 cm³/mol. The van der Waals surface area contributed by atoms with Crippen LogP contribution in [-0.4, -0.2) is 29.8 Å².